The Kier molecular flexibility index (Phi) is 11.4. The SMILES string of the molecule is CCCNC(=O)[C@@H](Cc1ccccc1)N(Cc1cccc(Cl)c1)C(=O)CN(c1ccc(Cl)cc1C)S(=O)(=O)c1ccccc1. The van der Waals surface area contributed by atoms with Crippen molar-refractivity contribution < 1.29 is 18.0 Å². The third-order valence-electron chi connectivity index (χ3n) is 7.10. The number of hydrogen-bond acceptors (Lipinski definition) is 4. The van der Waals surface area contributed by atoms with Gasteiger partial charge in [0.1, 0.15) is 12.6 Å². The van der Waals surface area contributed by atoms with Crippen LogP contribution in [-0.2, 0) is 32.6 Å². The van der Waals surface area contributed by atoms with Crippen molar-refractivity contribution in [2.24, 2.45) is 0 Å². The molecule has 0 aliphatic heterocycles. The Morgan fingerprint density at radius 3 is 2.09 bits per heavy atom. The van der Waals surface area contributed by atoms with Gasteiger partial charge in [-0.15, -0.1) is 0 Å². The number of carbonyl (C=O) groups excluding carboxylic acids is 2. The first-order valence-corrected chi connectivity index (χ1v) is 16.5. The molecule has 0 fully saturated rings. The van der Waals surface area contributed by atoms with Crippen molar-refractivity contribution in [3.63, 3.8) is 0 Å². The fraction of sp³-hybridized carbons (Fsp3) is 0.235. The molecule has 0 radical (unpaired) electrons. The Hall–Kier alpha value is -3.85. The molecule has 0 bridgehead atoms. The van der Waals surface area contributed by atoms with Crippen LogP contribution in [0.1, 0.15) is 30.0 Å². The molecule has 44 heavy (non-hydrogen) atoms. The highest BCUT2D eigenvalue weighted by atomic mass is 35.5. The van der Waals surface area contributed by atoms with Gasteiger partial charge in [0.2, 0.25) is 11.8 Å². The van der Waals surface area contributed by atoms with Gasteiger partial charge < -0.3 is 10.2 Å². The zero-order valence-corrected chi connectivity index (χ0v) is 26.9. The standard InChI is InChI=1S/C34H35Cl2N3O4S/c1-3-19-37-34(41)32(22-26-11-6-4-7-12-26)38(23-27-13-10-14-28(35)21-27)33(40)24-39(31-18-17-29(36)20-25(31)2)44(42,43)30-15-8-5-9-16-30/h4-18,20-21,32H,3,19,22-24H2,1-2H3,(H,37,41)/t32-/m1/s1. The number of aryl methyl sites for hydroxylation is 1. The van der Waals surface area contributed by atoms with Crippen LogP contribution < -0.4 is 9.62 Å². The second-order valence-corrected chi connectivity index (χ2v) is 13.1. The van der Waals surface area contributed by atoms with Crippen LogP contribution >= 0.6 is 23.2 Å². The minimum absolute atomic E-state index is 0.0325. The Morgan fingerprint density at radius 2 is 1.45 bits per heavy atom. The molecular weight excluding hydrogens is 617 g/mol. The Labute approximate surface area is 269 Å². The molecule has 4 aromatic rings. The third-order valence-corrected chi connectivity index (χ3v) is 9.34. The van der Waals surface area contributed by atoms with Crippen LogP contribution in [0.2, 0.25) is 10.0 Å². The molecule has 4 aromatic carbocycles. The molecule has 0 saturated heterocycles. The van der Waals surface area contributed by atoms with Crippen LogP contribution in [0.25, 0.3) is 0 Å². The summed E-state index contributed by atoms with van der Waals surface area (Å²) in [5, 5.41) is 3.86. The lowest BCUT2D eigenvalue weighted by Gasteiger charge is -2.34. The highest BCUT2D eigenvalue weighted by molar-refractivity contribution is 7.92. The maximum absolute atomic E-state index is 14.5. The van der Waals surface area contributed by atoms with E-state index in [1.807, 2.05) is 43.3 Å². The predicted octanol–water partition coefficient (Wildman–Crippen LogP) is 6.66. The molecule has 4 rings (SSSR count). The van der Waals surface area contributed by atoms with Gasteiger partial charge in [-0.05, 0) is 72.5 Å². The van der Waals surface area contributed by atoms with Gasteiger partial charge in [-0.3, -0.25) is 13.9 Å². The number of amides is 2. The molecule has 1 N–H and O–H groups in total. The number of rotatable bonds is 13. The van der Waals surface area contributed by atoms with Gasteiger partial charge in [-0.1, -0.05) is 90.8 Å². The first-order chi connectivity index (χ1) is 21.1. The molecule has 0 spiro atoms. The summed E-state index contributed by atoms with van der Waals surface area (Å²) in [4.78, 5) is 29.6. The fourth-order valence-corrected chi connectivity index (χ4v) is 6.82. The second-order valence-electron chi connectivity index (χ2n) is 10.4. The van der Waals surface area contributed by atoms with E-state index in [4.69, 9.17) is 23.2 Å². The first kappa shape index (κ1) is 33.1. The lowest BCUT2D eigenvalue weighted by molar-refractivity contribution is -0.140. The van der Waals surface area contributed by atoms with Crippen molar-refractivity contribution in [3.05, 3.63) is 130 Å². The van der Waals surface area contributed by atoms with Gasteiger partial charge in [-0.25, -0.2) is 8.42 Å². The topological polar surface area (TPSA) is 86.8 Å². The summed E-state index contributed by atoms with van der Waals surface area (Å²) in [6.45, 7) is 3.60. The summed E-state index contributed by atoms with van der Waals surface area (Å²) in [6.07, 6.45) is 0.944. The molecule has 0 aromatic heterocycles. The average molecular weight is 653 g/mol. The molecule has 0 aliphatic rings. The van der Waals surface area contributed by atoms with E-state index in [2.05, 4.69) is 5.32 Å². The zero-order valence-electron chi connectivity index (χ0n) is 24.6. The van der Waals surface area contributed by atoms with Crippen molar-refractivity contribution in [2.75, 3.05) is 17.4 Å². The Bertz CT molecular complexity index is 1690. The molecule has 2 amide bonds. The lowest BCUT2D eigenvalue weighted by Crippen LogP contribution is -2.53. The van der Waals surface area contributed by atoms with E-state index in [-0.39, 0.29) is 23.8 Å². The third kappa shape index (κ3) is 8.40. The van der Waals surface area contributed by atoms with Crippen LogP contribution in [0, 0.1) is 6.92 Å². The summed E-state index contributed by atoms with van der Waals surface area (Å²) >= 11 is 12.5. The summed E-state index contributed by atoms with van der Waals surface area (Å²) in [5.41, 5.74) is 2.44. The van der Waals surface area contributed by atoms with Gasteiger partial charge in [0, 0.05) is 29.6 Å². The van der Waals surface area contributed by atoms with Gasteiger partial charge in [0.05, 0.1) is 10.6 Å². The number of hydrogen-bond donors (Lipinski definition) is 1. The van der Waals surface area contributed by atoms with Crippen molar-refractivity contribution >= 4 is 50.7 Å². The molecule has 0 unspecified atom stereocenters. The van der Waals surface area contributed by atoms with E-state index in [9.17, 15) is 18.0 Å². The quantitative estimate of drug-likeness (QED) is 0.175. The molecule has 0 heterocycles. The van der Waals surface area contributed by atoms with E-state index in [0.29, 0.717) is 39.8 Å². The van der Waals surface area contributed by atoms with Gasteiger partial charge >= 0.3 is 0 Å². The first-order valence-electron chi connectivity index (χ1n) is 14.3. The lowest BCUT2D eigenvalue weighted by atomic mass is 10.0. The minimum Gasteiger partial charge on any atom is -0.354 e. The van der Waals surface area contributed by atoms with E-state index in [1.165, 1.54) is 17.0 Å². The van der Waals surface area contributed by atoms with E-state index in [1.54, 1.807) is 61.5 Å². The number of benzene rings is 4. The minimum atomic E-state index is -4.20. The highest BCUT2D eigenvalue weighted by Gasteiger charge is 2.35. The van der Waals surface area contributed by atoms with Gasteiger partial charge in [0.25, 0.3) is 10.0 Å². The summed E-state index contributed by atoms with van der Waals surface area (Å²) < 4.78 is 29.3. The molecule has 230 valence electrons. The van der Waals surface area contributed by atoms with Crippen LogP contribution in [-0.4, -0.2) is 44.3 Å². The predicted molar refractivity (Wildman–Crippen MR) is 176 cm³/mol. The molecule has 10 heteroatoms. The monoisotopic (exact) mass is 651 g/mol. The van der Waals surface area contributed by atoms with E-state index < -0.39 is 28.5 Å². The maximum atomic E-state index is 14.5. The highest BCUT2D eigenvalue weighted by Crippen LogP contribution is 2.29. The van der Waals surface area contributed by atoms with Crippen molar-refractivity contribution in [3.8, 4) is 0 Å². The number of nitrogens with zero attached hydrogens (tertiary/aromatic N) is 2. The van der Waals surface area contributed by atoms with Gasteiger partial charge in [-0.2, -0.15) is 0 Å². The second kappa shape index (κ2) is 15.2. The maximum Gasteiger partial charge on any atom is 0.264 e. The average Bonchev–Trinajstić information content (AvgIpc) is 3.01. The van der Waals surface area contributed by atoms with Crippen molar-refractivity contribution in [1.82, 2.24) is 10.2 Å². The number of sulfonamides is 1. The van der Waals surface area contributed by atoms with Crippen LogP contribution in [0.4, 0.5) is 5.69 Å². The van der Waals surface area contributed by atoms with Crippen molar-refractivity contribution in [2.45, 2.75) is 44.2 Å². The molecule has 0 aliphatic carbocycles. The Morgan fingerprint density at radius 1 is 0.818 bits per heavy atom. The molecule has 7 nitrogen and oxygen atoms in total. The molecule has 0 saturated carbocycles. The summed E-state index contributed by atoms with van der Waals surface area (Å²) in [6, 6.07) is 28.3. The van der Waals surface area contributed by atoms with E-state index in [0.717, 1.165) is 9.87 Å². The number of anilines is 1. The fourth-order valence-electron chi connectivity index (χ4n) is 4.88. The van der Waals surface area contributed by atoms with Crippen LogP contribution in [0.5, 0.6) is 0 Å². The Balaban J connectivity index is 1.81. The number of nitrogens with one attached hydrogen (secondary N) is 1. The summed E-state index contributed by atoms with van der Waals surface area (Å²) in [5.74, 6) is -0.877. The number of halogens is 2. The van der Waals surface area contributed by atoms with Gasteiger partial charge in [0.15, 0.2) is 0 Å². The van der Waals surface area contributed by atoms with Crippen LogP contribution in [0.15, 0.2) is 108 Å². The van der Waals surface area contributed by atoms with E-state index >= 15 is 0 Å². The largest absolute Gasteiger partial charge is 0.354 e. The number of carbonyl (C=O) groups is 2. The summed E-state index contributed by atoms with van der Waals surface area (Å²) in [7, 11) is -4.20. The normalized spacial score (nSPS) is 11.9. The van der Waals surface area contributed by atoms with Crippen molar-refractivity contribution in [1.29, 1.82) is 0 Å². The smallest absolute Gasteiger partial charge is 0.264 e. The molecular formula is C34H35Cl2N3O4S. The molecule has 1 atom stereocenters. The zero-order chi connectivity index (χ0) is 31.7. The van der Waals surface area contributed by atoms with Crippen LogP contribution in [0.3, 0.4) is 0 Å².